The van der Waals surface area contributed by atoms with Crippen LogP contribution in [0, 0.1) is 10.5 Å². The van der Waals surface area contributed by atoms with Crippen molar-refractivity contribution in [1.29, 1.82) is 0 Å². The standard InChI is InChI=1S/C10H9F3INO2S/c1-6-4-8(14)7-2-3-15(9(7)5-6)18(16,17)10(11,12)13/h4-5H,2-3H2,1H3. The Kier molecular flexibility index (Phi) is 3.29. The van der Waals surface area contributed by atoms with Crippen LogP contribution in [0.2, 0.25) is 0 Å². The van der Waals surface area contributed by atoms with Crippen molar-refractivity contribution in [3.05, 3.63) is 26.8 Å². The van der Waals surface area contributed by atoms with Crippen LogP contribution in [0.5, 0.6) is 0 Å². The minimum Gasteiger partial charge on any atom is -0.262 e. The van der Waals surface area contributed by atoms with Gasteiger partial charge in [-0.25, -0.2) is 0 Å². The van der Waals surface area contributed by atoms with Crippen molar-refractivity contribution in [3.8, 4) is 0 Å². The van der Waals surface area contributed by atoms with Gasteiger partial charge in [0.2, 0.25) is 0 Å². The molecular formula is C10H9F3INO2S. The van der Waals surface area contributed by atoms with Gasteiger partial charge in [-0.2, -0.15) is 21.6 Å². The third-order valence-electron chi connectivity index (χ3n) is 2.73. The number of aryl methyl sites for hydroxylation is 1. The summed E-state index contributed by atoms with van der Waals surface area (Å²) >= 11 is 2.01. The Morgan fingerprint density at radius 2 is 1.94 bits per heavy atom. The highest BCUT2D eigenvalue weighted by atomic mass is 127. The highest BCUT2D eigenvalue weighted by Crippen LogP contribution is 2.39. The second kappa shape index (κ2) is 4.26. The van der Waals surface area contributed by atoms with Crippen LogP contribution in [-0.2, 0) is 16.4 Å². The van der Waals surface area contributed by atoms with Crippen LogP contribution in [0.3, 0.4) is 0 Å². The van der Waals surface area contributed by atoms with Crippen LogP contribution in [-0.4, -0.2) is 20.5 Å². The maximum absolute atomic E-state index is 12.5. The van der Waals surface area contributed by atoms with Gasteiger partial charge in [0, 0.05) is 10.1 Å². The summed E-state index contributed by atoms with van der Waals surface area (Å²) < 4.78 is 61.8. The Labute approximate surface area is 116 Å². The van der Waals surface area contributed by atoms with Crippen LogP contribution >= 0.6 is 22.6 Å². The summed E-state index contributed by atoms with van der Waals surface area (Å²) in [6, 6.07) is 3.30. The number of nitrogens with zero attached hydrogens (tertiary/aromatic N) is 1. The van der Waals surface area contributed by atoms with E-state index in [9.17, 15) is 21.6 Å². The molecule has 2 rings (SSSR count). The molecule has 1 aliphatic heterocycles. The van der Waals surface area contributed by atoms with Crippen LogP contribution in [0.4, 0.5) is 18.9 Å². The fourth-order valence-electron chi connectivity index (χ4n) is 1.93. The van der Waals surface area contributed by atoms with E-state index in [2.05, 4.69) is 0 Å². The molecule has 0 fully saturated rings. The summed E-state index contributed by atoms with van der Waals surface area (Å²) in [6.07, 6.45) is 0.309. The third-order valence-corrected chi connectivity index (χ3v) is 5.24. The average molecular weight is 391 g/mol. The molecule has 1 aromatic rings. The Balaban J connectivity index is 2.57. The van der Waals surface area contributed by atoms with E-state index in [0.717, 1.165) is 9.13 Å². The molecule has 100 valence electrons. The summed E-state index contributed by atoms with van der Waals surface area (Å²) in [5.74, 6) is 0. The molecule has 18 heavy (non-hydrogen) atoms. The van der Waals surface area contributed by atoms with Gasteiger partial charge in [0.1, 0.15) is 0 Å². The van der Waals surface area contributed by atoms with Gasteiger partial charge in [-0.05, 0) is 59.2 Å². The first-order valence-electron chi connectivity index (χ1n) is 5.02. The average Bonchev–Trinajstić information content (AvgIpc) is 2.59. The lowest BCUT2D eigenvalue weighted by molar-refractivity contribution is -0.0437. The maximum Gasteiger partial charge on any atom is 0.516 e. The molecule has 3 nitrogen and oxygen atoms in total. The number of fused-ring (bicyclic) bond motifs is 1. The molecule has 0 spiro atoms. The molecule has 1 heterocycles. The molecule has 0 saturated carbocycles. The van der Waals surface area contributed by atoms with Gasteiger partial charge in [-0.3, -0.25) is 4.31 Å². The minimum atomic E-state index is -5.29. The van der Waals surface area contributed by atoms with Crippen molar-refractivity contribution in [1.82, 2.24) is 0 Å². The van der Waals surface area contributed by atoms with E-state index in [4.69, 9.17) is 0 Å². The van der Waals surface area contributed by atoms with E-state index in [1.807, 2.05) is 28.7 Å². The lowest BCUT2D eigenvalue weighted by Gasteiger charge is -2.21. The summed E-state index contributed by atoms with van der Waals surface area (Å²) in [6.45, 7) is 1.57. The second-order valence-corrected chi connectivity index (χ2v) is 7.03. The zero-order chi connectivity index (χ0) is 13.7. The number of rotatable bonds is 1. The summed E-state index contributed by atoms with van der Waals surface area (Å²) in [4.78, 5) is 0. The van der Waals surface area contributed by atoms with Gasteiger partial charge in [0.05, 0.1) is 5.69 Å². The third kappa shape index (κ3) is 2.09. The molecule has 1 aliphatic rings. The molecular weight excluding hydrogens is 382 g/mol. The van der Waals surface area contributed by atoms with Gasteiger partial charge < -0.3 is 0 Å². The van der Waals surface area contributed by atoms with Crippen molar-refractivity contribution >= 4 is 38.3 Å². The molecule has 0 atom stereocenters. The fourth-order valence-corrected chi connectivity index (χ4v) is 3.97. The fraction of sp³-hybridized carbons (Fsp3) is 0.400. The van der Waals surface area contributed by atoms with Gasteiger partial charge >= 0.3 is 15.5 Å². The number of benzene rings is 1. The topological polar surface area (TPSA) is 37.4 Å². The van der Waals surface area contributed by atoms with E-state index in [1.165, 1.54) is 6.07 Å². The lowest BCUT2D eigenvalue weighted by Crippen LogP contribution is -2.39. The summed E-state index contributed by atoms with van der Waals surface area (Å²) in [7, 11) is -5.29. The number of alkyl halides is 3. The Hall–Kier alpha value is -0.510. The second-order valence-electron chi connectivity index (χ2n) is 4.02. The van der Waals surface area contributed by atoms with Crippen molar-refractivity contribution in [2.24, 2.45) is 0 Å². The van der Waals surface area contributed by atoms with Crippen molar-refractivity contribution < 1.29 is 21.6 Å². The monoisotopic (exact) mass is 391 g/mol. The first kappa shape index (κ1) is 13.9. The molecule has 0 aliphatic carbocycles. The number of hydrogen-bond acceptors (Lipinski definition) is 2. The van der Waals surface area contributed by atoms with Gasteiger partial charge in [-0.15, -0.1) is 0 Å². The lowest BCUT2D eigenvalue weighted by atomic mass is 10.1. The van der Waals surface area contributed by atoms with Crippen LogP contribution < -0.4 is 4.31 Å². The number of anilines is 1. The van der Waals surface area contributed by atoms with Gasteiger partial charge in [0.25, 0.3) is 0 Å². The Bertz CT molecular complexity index is 598. The first-order chi connectivity index (χ1) is 8.14. The molecule has 0 radical (unpaired) electrons. The van der Waals surface area contributed by atoms with E-state index in [-0.39, 0.29) is 12.2 Å². The normalized spacial score (nSPS) is 15.9. The molecule has 0 aromatic heterocycles. The molecule has 0 N–H and O–H groups in total. The van der Waals surface area contributed by atoms with Crippen LogP contribution in [0.15, 0.2) is 12.1 Å². The Morgan fingerprint density at radius 3 is 2.50 bits per heavy atom. The predicted octanol–water partition coefficient (Wildman–Crippen LogP) is 2.81. The molecule has 0 unspecified atom stereocenters. The number of halogens is 4. The van der Waals surface area contributed by atoms with Gasteiger partial charge in [0.15, 0.2) is 0 Å². The van der Waals surface area contributed by atoms with E-state index in [0.29, 0.717) is 16.3 Å². The predicted molar refractivity (Wildman–Crippen MR) is 69.9 cm³/mol. The summed E-state index contributed by atoms with van der Waals surface area (Å²) in [5.41, 5.74) is -3.71. The number of hydrogen-bond donors (Lipinski definition) is 0. The molecule has 0 amide bonds. The quantitative estimate of drug-likeness (QED) is 0.691. The van der Waals surface area contributed by atoms with Gasteiger partial charge in [-0.1, -0.05) is 0 Å². The molecule has 0 bridgehead atoms. The van der Waals surface area contributed by atoms with E-state index >= 15 is 0 Å². The smallest absolute Gasteiger partial charge is 0.262 e. The van der Waals surface area contributed by atoms with E-state index < -0.39 is 15.5 Å². The minimum absolute atomic E-state index is 0.150. The molecule has 0 saturated heterocycles. The SMILES string of the molecule is Cc1cc(I)c2c(c1)N(S(=O)(=O)C(F)(F)F)CC2. The molecule has 1 aromatic carbocycles. The first-order valence-corrected chi connectivity index (χ1v) is 7.54. The van der Waals surface area contributed by atoms with Crippen molar-refractivity contribution in [3.63, 3.8) is 0 Å². The molecule has 8 heteroatoms. The zero-order valence-corrected chi connectivity index (χ0v) is 12.2. The zero-order valence-electron chi connectivity index (χ0n) is 9.25. The highest BCUT2D eigenvalue weighted by Gasteiger charge is 2.51. The maximum atomic E-state index is 12.5. The van der Waals surface area contributed by atoms with Crippen molar-refractivity contribution in [2.75, 3.05) is 10.8 Å². The van der Waals surface area contributed by atoms with E-state index in [1.54, 1.807) is 6.92 Å². The summed E-state index contributed by atoms with van der Waals surface area (Å²) in [5, 5.41) is 0. The highest BCUT2D eigenvalue weighted by molar-refractivity contribution is 14.1. The number of sulfonamides is 1. The van der Waals surface area contributed by atoms with Crippen LogP contribution in [0.25, 0.3) is 0 Å². The van der Waals surface area contributed by atoms with Crippen LogP contribution in [0.1, 0.15) is 11.1 Å². The van der Waals surface area contributed by atoms with Crippen molar-refractivity contribution in [2.45, 2.75) is 18.9 Å². The Morgan fingerprint density at radius 1 is 1.33 bits per heavy atom. The largest absolute Gasteiger partial charge is 0.516 e.